The van der Waals surface area contributed by atoms with Gasteiger partial charge in [-0.15, -0.1) is 0 Å². The zero-order chi connectivity index (χ0) is 12.6. The second-order valence-corrected chi connectivity index (χ2v) is 4.67. The highest BCUT2D eigenvalue weighted by molar-refractivity contribution is 5.75. The SMILES string of the molecule is O=C(CCCN1CCNCC1)NCc1ccc[nH]1. The predicted octanol–water partition coefficient (Wildman–Crippen LogP) is 0.316. The van der Waals surface area contributed by atoms with Crippen molar-refractivity contribution >= 4 is 5.91 Å². The van der Waals surface area contributed by atoms with Gasteiger partial charge in [-0.05, 0) is 25.1 Å². The van der Waals surface area contributed by atoms with E-state index < -0.39 is 0 Å². The number of hydrogen-bond donors (Lipinski definition) is 3. The number of carbonyl (C=O) groups excluding carboxylic acids is 1. The molecule has 0 atom stereocenters. The van der Waals surface area contributed by atoms with Gasteiger partial charge in [-0.25, -0.2) is 0 Å². The lowest BCUT2D eigenvalue weighted by molar-refractivity contribution is -0.121. The molecule has 0 aromatic carbocycles. The van der Waals surface area contributed by atoms with Crippen LogP contribution in [0.2, 0.25) is 0 Å². The molecule has 1 amide bonds. The normalized spacial score (nSPS) is 16.7. The average Bonchev–Trinajstić information content (AvgIpc) is 2.91. The minimum absolute atomic E-state index is 0.139. The summed E-state index contributed by atoms with van der Waals surface area (Å²) in [4.78, 5) is 17.1. The third kappa shape index (κ3) is 4.50. The number of piperazine rings is 1. The molecular weight excluding hydrogens is 228 g/mol. The molecule has 1 aliphatic heterocycles. The molecule has 1 saturated heterocycles. The number of amides is 1. The summed E-state index contributed by atoms with van der Waals surface area (Å²) in [6, 6.07) is 3.91. The third-order valence-electron chi connectivity index (χ3n) is 3.23. The van der Waals surface area contributed by atoms with E-state index in [0.717, 1.165) is 44.8 Å². The molecule has 5 heteroatoms. The van der Waals surface area contributed by atoms with Crippen LogP contribution in [0.5, 0.6) is 0 Å². The number of rotatable bonds is 6. The fourth-order valence-electron chi connectivity index (χ4n) is 2.16. The van der Waals surface area contributed by atoms with Crippen LogP contribution in [-0.4, -0.2) is 48.5 Å². The van der Waals surface area contributed by atoms with E-state index in [4.69, 9.17) is 0 Å². The minimum atomic E-state index is 0.139. The maximum absolute atomic E-state index is 11.6. The van der Waals surface area contributed by atoms with Gasteiger partial charge in [0.15, 0.2) is 0 Å². The van der Waals surface area contributed by atoms with Crippen molar-refractivity contribution in [2.24, 2.45) is 0 Å². The van der Waals surface area contributed by atoms with E-state index in [2.05, 4.69) is 20.5 Å². The average molecular weight is 250 g/mol. The van der Waals surface area contributed by atoms with Crippen molar-refractivity contribution in [2.45, 2.75) is 19.4 Å². The van der Waals surface area contributed by atoms with Gasteiger partial charge in [-0.3, -0.25) is 4.79 Å². The molecule has 1 aromatic rings. The van der Waals surface area contributed by atoms with E-state index in [0.29, 0.717) is 13.0 Å². The molecule has 100 valence electrons. The lowest BCUT2D eigenvalue weighted by atomic mass is 10.2. The van der Waals surface area contributed by atoms with Gasteiger partial charge in [0.2, 0.25) is 5.91 Å². The number of aromatic nitrogens is 1. The highest BCUT2D eigenvalue weighted by atomic mass is 16.1. The van der Waals surface area contributed by atoms with E-state index in [-0.39, 0.29) is 5.91 Å². The summed E-state index contributed by atoms with van der Waals surface area (Å²) in [6.45, 7) is 5.96. The minimum Gasteiger partial charge on any atom is -0.364 e. The molecule has 3 N–H and O–H groups in total. The topological polar surface area (TPSA) is 60.2 Å². The number of H-pyrrole nitrogens is 1. The molecule has 2 rings (SSSR count). The Morgan fingerprint density at radius 2 is 2.22 bits per heavy atom. The molecule has 0 spiro atoms. The van der Waals surface area contributed by atoms with Gasteiger partial charge in [-0.1, -0.05) is 0 Å². The van der Waals surface area contributed by atoms with Gasteiger partial charge in [0.05, 0.1) is 6.54 Å². The molecule has 2 heterocycles. The first-order valence-corrected chi connectivity index (χ1v) is 6.66. The number of carbonyl (C=O) groups is 1. The van der Waals surface area contributed by atoms with Crippen LogP contribution in [0, 0.1) is 0 Å². The summed E-state index contributed by atoms with van der Waals surface area (Å²) >= 11 is 0. The van der Waals surface area contributed by atoms with Crippen LogP contribution in [0.15, 0.2) is 18.3 Å². The highest BCUT2D eigenvalue weighted by Crippen LogP contribution is 1.98. The Morgan fingerprint density at radius 3 is 2.94 bits per heavy atom. The smallest absolute Gasteiger partial charge is 0.220 e. The summed E-state index contributed by atoms with van der Waals surface area (Å²) in [5.41, 5.74) is 1.05. The highest BCUT2D eigenvalue weighted by Gasteiger charge is 2.09. The largest absolute Gasteiger partial charge is 0.364 e. The van der Waals surface area contributed by atoms with Gasteiger partial charge in [0, 0.05) is 44.5 Å². The molecule has 1 aromatic heterocycles. The molecule has 1 aliphatic rings. The molecule has 5 nitrogen and oxygen atoms in total. The van der Waals surface area contributed by atoms with Crippen molar-refractivity contribution in [3.63, 3.8) is 0 Å². The quantitative estimate of drug-likeness (QED) is 0.681. The summed E-state index contributed by atoms with van der Waals surface area (Å²) in [5, 5.41) is 6.25. The van der Waals surface area contributed by atoms with Crippen LogP contribution in [0.25, 0.3) is 0 Å². The Bertz CT molecular complexity index is 344. The zero-order valence-corrected chi connectivity index (χ0v) is 10.7. The van der Waals surface area contributed by atoms with E-state index in [1.165, 1.54) is 0 Å². The van der Waals surface area contributed by atoms with E-state index in [1.54, 1.807) is 0 Å². The first-order valence-electron chi connectivity index (χ1n) is 6.66. The maximum atomic E-state index is 11.6. The lowest BCUT2D eigenvalue weighted by Gasteiger charge is -2.26. The van der Waals surface area contributed by atoms with Crippen LogP contribution in [0.3, 0.4) is 0 Å². The Balaban J connectivity index is 1.54. The Labute approximate surface area is 108 Å². The van der Waals surface area contributed by atoms with Crippen molar-refractivity contribution in [3.05, 3.63) is 24.0 Å². The van der Waals surface area contributed by atoms with E-state index >= 15 is 0 Å². The van der Waals surface area contributed by atoms with E-state index in [9.17, 15) is 4.79 Å². The van der Waals surface area contributed by atoms with Gasteiger partial charge in [0.25, 0.3) is 0 Å². The Hall–Kier alpha value is -1.33. The van der Waals surface area contributed by atoms with Crippen LogP contribution in [0.1, 0.15) is 18.5 Å². The monoisotopic (exact) mass is 250 g/mol. The maximum Gasteiger partial charge on any atom is 0.220 e. The molecule has 0 bridgehead atoms. The van der Waals surface area contributed by atoms with Crippen molar-refractivity contribution in [1.29, 1.82) is 0 Å². The van der Waals surface area contributed by atoms with Crippen molar-refractivity contribution in [3.8, 4) is 0 Å². The number of hydrogen-bond acceptors (Lipinski definition) is 3. The molecule has 1 fully saturated rings. The Morgan fingerprint density at radius 1 is 1.39 bits per heavy atom. The lowest BCUT2D eigenvalue weighted by Crippen LogP contribution is -2.43. The predicted molar refractivity (Wildman–Crippen MR) is 71.2 cm³/mol. The first kappa shape index (κ1) is 13.1. The van der Waals surface area contributed by atoms with Crippen molar-refractivity contribution < 1.29 is 4.79 Å². The molecule has 18 heavy (non-hydrogen) atoms. The van der Waals surface area contributed by atoms with Gasteiger partial charge in [0.1, 0.15) is 0 Å². The van der Waals surface area contributed by atoms with Crippen LogP contribution in [0.4, 0.5) is 0 Å². The van der Waals surface area contributed by atoms with Crippen LogP contribution < -0.4 is 10.6 Å². The number of nitrogens with zero attached hydrogens (tertiary/aromatic N) is 1. The molecular formula is C13H22N4O. The van der Waals surface area contributed by atoms with Gasteiger partial charge >= 0.3 is 0 Å². The standard InChI is InChI=1S/C13H22N4O/c18-13(16-11-12-3-1-5-15-12)4-2-8-17-9-6-14-7-10-17/h1,3,5,14-15H,2,4,6-11H2,(H,16,18). The van der Waals surface area contributed by atoms with Gasteiger partial charge < -0.3 is 20.5 Å². The van der Waals surface area contributed by atoms with Crippen LogP contribution in [-0.2, 0) is 11.3 Å². The molecule has 0 radical (unpaired) electrons. The first-order chi connectivity index (χ1) is 8.84. The fraction of sp³-hybridized carbons (Fsp3) is 0.615. The van der Waals surface area contributed by atoms with Crippen LogP contribution >= 0.6 is 0 Å². The fourth-order valence-corrected chi connectivity index (χ4v) is 2.16. The summed E-state index contributed by atoms with van der Waals surface area (Å²) in [7, 11) is 0. The number of nitrogens with one attached hydrogen (secondary N) is 3. The number of aromatic amines is 1. The third-order valence-corrected chi connectivity index (χ3v) is 3.23. The second kappa shape index (κ2) is 7.18. The van der Waals surface area contributed by atoms with Crippen molar-refractivity contribution in [1.82, 2.24) is 20.5 Å². The summed E-state index contributed by atoms with van der Waals surface area (Å²) in [6.07, 6.45) is 3.42. The molecule has 0 unspecified atom stereocenters. The molecule has 0 aliphatic carbocycles. The second-order valence-electron chi connectivity index (χ2n) is 4.67. The summed E-state index contributed by atoms with van der Waals surface area (Å²) in [5.74, 6) is 0.139. The summed E-state index contributed by atoms with van der Waals surface area (Å²) < 4.78 is 0. The van der Waals surface area contributed by atoms with Crippen molar-refractivity contribution in [2.75, 3.05) is 32.7 Å². The van der Waals surface area contributed by atoms with E-state index in [1.807, 2.05) is 18.3 Å². The zero-order valence-electron chi connectivity index (χ0n) is 10.7. The molecule has 0 saturated carbocycles. The van der Waals surface area contributed by atoms with Gasteiger partial charge in [-0.2, -0.15) is 0 Å². The Kier molecular flexibility index (Phi) is 5.23.